The Morgan fingerprint density at radius 1 is 1.03 bits per heavy atom. The predicted molar refractivity (Wildman–Crippen MR) is 136 cm³/mol. The molecule has 1 fully saturated rings. The summed E-state index contributed by atoms with van der Waals surface area (Å²) in [5.74, 6) is 1.35. The minimum Gasteiger partial charge on any atom is -0.351 e. The third-order valence-corrected chi connectivity index (χ3v) is 6.70. The summed E-state index contributed by atoms with van der Waals surface area (Å²) in [5.41, 5.74) is 5.44. The molecule has 0 saturated heterocycles. The molecule has 3 aromatic heterocycles. The van der Waals surface area contributed by atoms with Crippen molar-refractivity contribution in [2.24, 2.45) is 0 Å². The maximum Gasteiger partial charge on any atom is 0.270 e. The lowest BCUT2D eigenvalue weighted by Crippen LogP contribution is -2.41. The molecule has 8 heteroatoms. The van der Waals surface area contributed by atoms with Crippen molar-refractivity contribution in [1.82, 2.24) is 30.0 Å². The number of hydrogen-bond acceptors (Lipinski definition) is 5. The number of fused-ring (bicyclic) bond motifs is 1. The van der Waals surface area contributed by atoms with Crippen LogP contribution in [0.4, 0.5) is 11.5 Å². The van der Waals surface area contributed by atoms with Gasteiger partial charge in [-0.05, 0) is 55.2 Å². The molecule has 3 N–H and O–H groups in total. The predicted octanol–water partition coefficient (Wildman–Crippen LogP) is 5.38. The Morgan fingerprint density at radius 2 is 1.86 bits per heavy atom. The standard InChI is InChI=1S/C27H25N7O/c1-34(22-3-2-4-22)27(35)24-13-18-5-6-19(14-23(18)32-24)26-28-12-11-25(33-26)31-21-9-7-17(8-10-21)20-15-29-30-16-20/h5-16,22,32H,2-4H2,1H3,(H,29,30)(H,28,31,33). The number of carbonyl (C=O) groups excluding carboxylic acids is 1. The molecule has 0 spiro atoms. The lowest BCUT2D eigenvalue weighted by Gasteiger charge is -2.34. The zero-order valence-corrected chi connectivity index (χ0v) is 19.3. The van der Waals surface area contributed by atoms with Gasteiger partial charge in [-0.25, -0.2) is 9.97 Å². The third kappa shape index (κ3) is 4.14. The smallest absolute Gasteiger partial charge is 0.270 e. The van der Waals surface area contributed by atoms with Crippen LogP contribution >= 0.6 is 0 Å². The van der Waals surface area contributed by atoms with Crippen LogP contribution in [0.15, 0.2) is 73.2 Å². The Hall–Kier alpha value is -4.46. The van der Waals surface area contributed by atoms with Crippen molar-refractivity contribution in [3.05, 3.63) is 78.9 Å². The maximum absolute atomic E-state index is 12.9. The van der Waals surface area contributed by atoms with Crippen molar-refractivity contribution in [1.29, 1.82) is 0 Å². The number of aromatic amines is 2. The second-order valence-corrected chi connectivity index (χ2v) is 8.94. The van der Waals surface area contributed by atoms with Crippen molar-refractivity contribution < 1.29 is 4.79 Å². The number of H-pyrrole nitrogens is 2. The Balaban J connectivity index is 1.21. The number of amides is 1. The summed E-state index contributed by atoms with van der Waals surface area (Å²) in [5, 5.41) is 11.2. The molecule has 1 saturated carbocycles. The van der Waals surface area contributed by atoms with E-state index in [-0.39, 0.29) is 5.91 Å². The first-order valence-corrected chi connectivity index (χ1v) is 11.7. The molecule has 6 rings (SSSR count). The molecule has 1 amide bonds. The minimum absolute atomic E-state index is 0.0358. The first-order valence-electron chi connectivity index (χ1n) is 11.7. The summed E-state index contributed by atoms with van der Waals surface area (Å²) >= 11 is 0. The van der Waals surface area contributed by atoms with Gasteiger partial charge in [0.15, 0.2) is 5.82 Å². The Labute approximate surface area is 202 Å². The fourth-order valence-corrected chi connectivity index (χ4v) is 4.38. The number of nitrogens with one attached hydrogen (secondary N) is 3. The van der Waals surface area contributed by atoms with Gasteiger partial charge in [-0.1, -0.05) is 24.3 Å². The summed E-state index contributed by atoms with van der Waals surface area (Å²) in [4.78, 5) is 27.2. The molecule has 0 unspecified atom stereocenters. The molecule has 0 bridgehead atoms. The van der Waals surface area contributed by atoms with Crippen LogP contribution in [0.25, 0.3) is 33.4 Å². The summed E-state index contributed by atoms with van der Waals surface area (Å²) in [6.07, 6.45) is 8.78. The Bertz CT molecular complexity index is 1480. The lowest BCUT2D eigenvalue weighted by atomic mass is 9.92. The van der Waals surface area contributed by atoms with Crippen LogP contribution in [0.2, 0.25) is 0 Å². The van der Waals surface area contributed by atoms with Crippen molar-refractivity contribution in [2.45, 2.75) is 25.3 Å². The highest BCUT2D eigenvalue weighted by Gasteiger charge is 2.27. The van der Waals surface area contributed by atoms with Crippen molar-refractivity contribution in [3.8, 4) is 22.5 Å². The molecular weight excluding hydrogens is 438 g/mol. The van der Waals surface area contributed by atoms with Gasteiger partial charge < -0.3 is 15.2 Å². The highest BCUT2D eigenvalue weighted by molar-refractivity contribution is 5.98. The number of rotatable bonds is 6. The minimum atomic E-state index is 0.0358. The van der Waals surface area contributed by atoms with E-state index in [0.717, 1.165) is 46.1 Å². The SMILES string of the molecule is CN(C(=O)c1cc2ccc(-c3nccc(Nc4ccc(-c5cn[nH]c5)cc4)n3)cc2[nH]1)C1CCC1. The van der Waals surface area contributed by atoms with Gasteiger partial charge in [0.1, 0.15) is 11.5 Å². The van der Waals surface area contributed by atoms with Crippen molar-refractivity contribution >= 4 is 28.3 Å². The second-order valence-electron chi connectivity index (χ2n) is 8.94. The van der Waals surface area contributed by atoms with E-state index >= 15 is 0 Å². The first-order chi connectivity index (χ1) is 17.1. The molecule has 1 aliphatic carbocycles. The number of aromatic nitrogens is 5. The Kier molecular flexibility index (Phi) is 5.25. The van der Waals surface area contributed by atoms with Crippen LogP contribution in [0.1, 0.15) is 29.8 Å². The number of benzene rings is 2. The average molecular weight is 464 g/mol. The molecule has 0 radical (unpaired) electrons. The molecule has 174 valence electrons. The van der Waals surface area contributed by atoms with Crippen LogP contribution in [0.3, 0.4) is 0 Å². The Morgan fingerprint density at radius 3 is 2.60 bits per heavy atom. The van der Waals surface area contributed by atoms with Crippen molar-refractivity contribution in [3.63, 3.8) is 0 Å². The highest BCUT2D eigenvalue weighted by Crippen LogP contribution is 2.28. The number of anilines is 2. The summed E-state index contributed by atoms with van der Waals surface area (Å²) in [7, 11) is 1.89. The number of carbonyl (C=O) groups is 1. The van der Waals surface area contributed by atoms with E-state index in [1.54, 1.807) is 12.4 Å². The summed E-state index contributed by atoms with van der Waals surface area (Å²) in [6, 6.07) is 18.2. The van der Waals surface area contributed by atoms with E-state index in [9.17, 15) is 4.79 Å². The van der Waals surface area contributed by atoms with Crippen LogP contribution in [-0.2, 0) is 0 Å². The quantitative estimate of drug-likeness (QED) is 0.314. The van der Waals surface area contributed by atoms with E-state index in [2.05, 4.69) is 25.5 Å². The normalized spacial score (nSPS) is 13.5. The van der Waals surface area contributed by atoms with E-state index in [4.69, 9.17) is 4.98 Å². The van der Waals surface area contributed by atoms with E-state index < -0.39 is 0 Å². The highest BCUT2D eigenvalue weighted by atomic mass is 16.2. The monoisotopic (exact) mass is 463 g/mol. The molecule has 0 aliphatic heterocycles. The molecule has 2 aromatic carbocycles. The molecule has 3 heterocycles. The fourth-order valence-electron chi connectivity index (χ4n) is 4.38. The van der Waals surface area contributed by atoms with Gasteiger partial charge in [0.25, 0.3) is 5.91 Å². The molecule has 1 aliphatic rings. The summed E-state index contributed by atoms with van der Waals surface area (Å²) < 4.78 is 0. The molecule has 5 aromatic rings. The topological polar surface area (TPSA) is 103 Å². The van der Waals surface area contributed by atoms with Crippen LogP contribution < -0.4 is 5.32 Å². The van der Waals surface area contributed by atoms with Gasteiger partial charge in [-0.3, -0.25) is 9.89 Å². The molecule has 35 heavy (non-hydrogen) atoms. The van der Waals surface area contributed by atoms with E-state index in [1.807, 2.05) is 72.7 Å². The average Bonchev–Trinajstić information content (AvgIpc) is 3.53. The van der Waals surface area contributed by atoms with Gasteiger partial charge in [0.2, 0.25) is 0 Å². The zero-order valence-electron chi connectivity index (χ0n) is 19.3. The lowest BCUT2D eigenvalue weighted by molar-refractivity contribution is 0.0647. The molecular formula is C27H25N7O. The second kappa shape index (κ2) is 8.72. The van der Waals surface area contributed by atoms with Crippen molar-refractivity contribution in [2.75, 3.05) is 12.4 Å². The largest absolute Gasteiger partial charge is 0.351 e. The fraction of sp³-hybridized carbons (Fsp3) is 0.185. The van der Waals surface area contributed by atoms with Gasteiger partial charge in [0, 0.05) is 53.2 Å². The van der Waals surface area contributed by atoms with Gasteiger partial charge in [-0.15, -0.1) is 0 Å². The maximum atomic E-state index is 12.9. The van der Waals surface area contributed by atoms with Crippen LogP contribution in [-0.4, -0.2) is 49.0 Å². The van der Waals surface area contributed by atoms with E-state index in [1.165, 1.54) is 6.42 Å². The molecule has 8 nitrogen and oxygen atoms in total. The van der Waals surface area contributed by atoms with E-state index in [0.29, 0.717) is 23.4 Å². The zero-order chi connectivity index (χ0) is 23.8. The van der Waals surface area contributed by atoms with Gasteiger partial charge in [-0.2, -0.15) is 5.10 Å². The van der Waals surface area contributed by atoms with Crippen LogP contribution in [0, 0.1) is 0 Å². The van der Waals surface area contributed by atoms with Gasteiger partial charge >= 0.3 is 0 Å². The third-order valence-electron chi connectivity index (χ3n) is 6.70. The number of hydrogen-bond donors (Lipinski definition) is 3. The first kappa shape index (κ1) is 21.1. The summed E-state index contributed by atoms with van der Waals surface area (Å²) in [6.45, 7) is 0. The van der Waals surface area contributed by atoms with Gasteiger partial charge in [0.05, 0.1) is 6.20 Å². The number of nitrogens with zero attached hydrogens (tertiary/aromatic N) is 4. The van der Waals surface area contributed by atoms with Crippen LogP contribution in [0.5, 0.6) is 0 Å². The molecule has 0 atom stereocenters.